The van der Waals surface area contributed by atoms with Crippen LogP contribution in [0.1, 0.15) is 26.4 Å². The second-order valence-corrected chi connectivity index (χ2v) is 7.36. The summed E-state index contributed by atoms with van der Waals surface area (Å²) >= 11 is 5.53. The van der Waals surface area contributed by atoms with E-state index < -0.39 is 45.2 Å². The van der Waals surface area contributed by atoms with Crippen LogP contribution in [0.4, 0.5) is 8.78 Å². The molecule has 0 unspecified atom stereocenters. The standard InChI is InChI=1S/C19H17ClF2N4O5/c20-13-12(21)2-1-10(14(13)22)7-23-18(29)11-8-26-15(17(28)16(11)27)19(30)24-3-5-31-6-4-25(26)9-24/h1-2,8,28H,3-7,9H2,(H,23,29). The van der Waals surface area contributed by atoms with E-state index in [-0.39, 0.29) is 31.0 Å². The Bertz CT molecular complexity index is 1140. The lowest BCUT2D eigenvalue weighted by Gasteiger charge is -2.41. The summed E-state index contributed by atoms with van der Waals surface area (Å²) in [5, 5.41) is 13.7. The highest BCUT2D eigenvalue weighted by atomic mass is 35.5. The first-order valence-electron chi connectivity index (χ1n) is 9.31. The number of nitrogens with one attached hydrogen (secondary N) is 1. The largest absolute Gasteiger partial charge is 0.502 e. The first kappa shape index (κ1) is 21.1. The summed E-state index contributed by atoms with van der Waals surface area (Å²) in [7, 11) is 0. The predicted molar refractivity (Wildman–Crippen MR) is 105 cm³/mol. The molecule has 1 aromatic heterocycles. The number of nitrogens with zero attached hydrogens (tertiary/aromatic N) is 3. The number of benzene rings is 1. The minimum Gasteiger partial charge on any atom is -0.502 e. The molecule has 9 nitrogen and oxygen atoms in total. The molecule has 0 radical (unpaired) electrons. The van der Waals surface area contributed by atoms with E-state index in [1.165, 1.54) is 9.58 Å². The highest BCUT2D eigenvalue weighted by molar-refractivity contribution is 6.30. The van der Waals surface area contributed by atoms with Gasteiger partial charge in [0.25, 0.3) is 11.8 Å². The maximum Gasteiger partial charge on any atom is 0.277 e. The van der Waals surface area contributed by atoms with Gasteiger partial charge in [-0.25, -0.2) is 8.78 Å². The zero-order valence-corrected chi connectivity index (χ0v) is 16.8. The van der Waals surface area contributed by atoms with E-state index in [1.807, 2.05) is 0 Å². The fourth-order valence-corrected chi connectivity index (χ4v) is 3.61. The molecule has 31 heavy (non-hydrogen) atoms. The maximum absolute atomic E-state index is 14.0. The van der Waals surface area contributed by atoms with E-state index in [0.29, 0.717) is 19.8 Å². The zero-order chi connectivity index (χ0) is 22.3. The highest BCUT2D eigenvalue weighted by Gasteiger charge is 2.34. The molecule has 1 saturated heterocycles. The highest BCUT2D eigenvalue weighted by Crippen LogP contribution is 2.23. The Morgan fingerprint density at radius 2 is 1.97 bits per heavy atom. The van der Waals surface area contributed by atoms with Crippen molar-refractivity contribution < 1.29 is 28.2 Å². The van der Waals surface area contributed by atoms with Gasteiger partial charge in [-0.15, -0.1) is 0 Å². The second kappa shape index (κ2) is 8.16. The topological polar surface area (TPSA) is 104 Å². The minimum atomic E-state index is -1.04. The number of halogens is 3. The normalized spacial score (nSPS) is 15.9. The van der Waals surface area contributed by atoms with Crippen LogP contribution in [0.25, 0.3) is 0 Å². The Morgan fingerprint density at radius 3 is 2.74 bits per heavy atom. The lowest BCUT2D eigenvalue weighted by Crippen LogP contribution is -2.57. The van der Waals surface area contributed by atoms with Crippen molar-refractivity contribution in [3.8, 4) is 5.75 Å². The van der Waals surface area contributed by atoms with Crippen LogP contribution >= 0.6 is 11.6 Å². The number of ether oxygens (including phenoxy) is 1. The number of carbonyl (C=O) groups excluding carboxylic acids is 2. The summed E-state index contributed by atoms with van der Waals surface area (Å²) in [5.74, 6) is -4.30. The summed E-state index contributed by atoms with van der Waals surface area (Å²) in [6, 6.07) is 2.06. The minimum absolute atomic E-state index is 0.0891. The number of carbonyl (C=O) groups is 2. The molecule has 3 heterocycles. The summed E-state index contributed by atoms with van der Waals surface area (Å²) in [5.41, 5.74) is -1.82. The van der Waals surface area contributed by atoms with Crippen molar-refractivity contribution in [2.24, 2.45) is 0 Å². The van der Waals surface area contributed by atoms with Crippen molar-refractivity contribution in [3.05, 3.63) is 62.0 Å². The van der Waals surface area contributed by atoms with Gasteiger partial charge in [0.1, 0.15) is 28.9 Å². The van der Waals surface area contributed by atoms with Crippen molar-refractivity contribution in [2.45, 2.75) is 6.54 Å². The van der Waals surface area contributed by atoms with Gasteiger partial charge >= 0.3 is 0 Å². The Hall–Kier alpha value is -3.18. The predicted octanol–water partition coefficient (Wildman–Crippen LogP) is 0.797. The molecule has 0 atom stereocenters. The average Bonchev–Trinajstić information content (AvgIpc) is 2.73. The molecule has 0 spiro atoms. The van der Waals surface area contributed by atoms with E-state index in [2.05, 4.69) is 5.32 Å². The van der Waals surface area contributed by atoms with Crippen LogP contribution in [-0.2, 0) is 11.3 Å². The van der Waals surface area contributed by atoms with Gasteiger partial charge in [-0.2, -0.15) is 0 Å². The molecule has 2 aromatic rings. The van der Waals surface area contributed by atoms with Crippen molar-refractivity contribution in [3.63, 3.8) is 0 Å². The second-order valence-electron chi connectivity index (χ2n) is 6.98. The SMILES string of the molecule is O=C(NCc1ccc(F)c(Cl)c1F)c1cn2c(c(O)c1=O)C(=O)N1CCOCCN2C1. The van der Waals surface area contributed by atoms with E-state index in [1.54, 1.807) is 5.01 Å². The third-order valence-electron chi connectivity index (χ3n) is 5.09. The van der Waals surface area contributed by atoms with Crippen LogP contribution in [0.5, 0.6) is 5.75 Å². The van der Waals surface area contributed by atoms with Crippen LogP contribution < -0.4 is 15.8 Å². The monoisotopic (exact) mass is 454 g/mol. The number of aromatic hydroxyl groups is 1. The van der Waals surface area contributed by atoms with Crippen LogP contribution in [-0.4, -0.2) is 59.5 Å². The van der Waals surface area contributed by atoms with Crippen molar-refractivity contribution in [1.82, 2.24) is 14.9 Å². The number of rotatable bonds is 3. The Kier molecular flexibility index (Phi) is 5.54. The molecular formula is C19H17ClF2N4O5. The van der Waals surface area contributed by atoms with E-state index in [9.17, 15) is 28.3 Å². The molecule has 12 heteroatoms. The lowest BCUT2D eigenvalue weighted by atomic mass is 10.1. The molecule has 2 aliphatic heterocycles. The first-order chi connectivity index (χ1) is 14.8. The van der Waals surface area contributed by atoms with Crippen molar-refractivity contribution in [2.75, 3.05) is 38.0 Å². The Labute approximate surface area is 179 Å². The Balaban J connectivity index is 1.65. The quantitative estimate of drug-likeness (QED) is 0.665. The van der Waals surface area contributed by atoms with Crippen LogP contribution in [0.2, 0.25) is 5.02 Å². The van der Waals surface area contributed by atoms with E-state index in [4.69, 9.17) is 16.3 Å². The van der Waals surface area contributed by atoms with Crippen LogP contribution in [0.3, 0.4) is 0 Å². The zero-order valence-electron chi connectivity index (χ0n) is 16.0. The van der Waals surface area contributed by atoms with E-state index >= 15 is 0 Å². The van der Waals surface area contributed by atoms with Crippen molar-refractivity contribution >= 4 is 23.4 Å². The molecule has 2 N–H and O–H groups in total. The van der Waals surface area contributed by atoms with Gasteiger partial charge in [0, 0.05) is 24.8 Å². The molecule has 2 aliphatic rings. The average molecular weight is 455 g/mol. The molecule has 0 aliphatic carbocycles. The molecule has 0 saturated carbocycles. The van der Waals surface area contributed by atoms with Gasteiger partial charge in [0.2, 0.25) is 5.43 Å². The maximum atomic E-state index is 14.0. The summed E-state index contributed by atoms with van der Waals surface area (Å²) < 4.78 is 34.0. The van der Waals surface area contributed by atoms with Crippen LogP contribution in [0.15, 0.2) is 23.1 Å². The first-order valence-corrected chi connectivity index (χ1v) is 9.69. The molecule has 1 fully saturated rings. The van der Waals surface area contributed by atoms with Gasteiger partial charge in [-0.1, -0.05) is 17.7 Å². The Morgan fingerprint density at radius 1 is 1.23 bits per heavy atom. The molecule has 2 amide bonds. The smallest absolute Gasteiger partial charge is 0.277 e. The van der Waals surface area contributed by atoms with Crippen molar-refractivity contribution in [1.29, 1.82) is 0 Å². The lowest BCUT2D eigenvalue weighted by molar-refractivity contribution is 0.0473. The van der Waals surface area contributed by atoms with Gasteiger partial charge in [-0.3, -0.25) is 24.1 Å². The molecule has 1 aromatic carbocycles. The molecule has 2 bridgehead atoms. The molecular weight excluding hydrogens is 438 g/mol. The van der Waals surface area contributed by atoms with Gasteiger partial charge < -0.3 is 20.1 Å². The summed E-state index contributed by atoms with van der Waals surface area (Å²) in [4.78, 5) is 39.3. The third kappa shape index (κ3) is 3.70. The summed E-state index contributed by atoms with van der Waals surface area (Å²) in [6.45, 7) is 1.13. The van der Waals surface area contributed by atoms with Gasteiger partial charge in [0.05, 0.1) is 19.8 Å². The number of hydrogen-bond acceptors (Lipinski definition) is 6. The number of hydrogen-bond donors (Lipinski definition) is 2. The fraction of sp³-hybridized carbons (Fsp3) is 0.316. The molecule has 164 valence electrons. The molecule has 4 rings (SSSR count). The third-order valence-corrected chi connectivity index (χ3v) is 5.44. The fourth-order valence-electron chi connectivity index (χ4n) is 3.42. The van der Waals surface area contributed by atoms with Gasteiger partial charge in [0.15, 0.2) is 11.4 Å². The number of amides is 2. The summed E-state index contributed by atoms with van der Waals surface area (Å²) in [6.07, 6.45) is 1.15. The number of fused-ring (bicyclic) bond motifs is 4. The van der Waals surface area contributed by atoms with Crippen LogP contribution in [0, 0.1) is 11.6 Å². The number of pyridine rings is 1. The van der Waals surface area contributed by atoms with E-state index in [0.717, 1.165) is 18.3 Å². The number of aromatic nitrogens is 1. The van der Waals surface area contributed by atoms with Gasteiger partial charge in [-0.05, 0) is 6.07 Å².